The van der Waals surface area contributed by atoms with Crippen LogP contribution in [0.5, 0.6) is 0 Å². The van der Waals surface area contributed by atoms with Crippen LogP contribution in [0, 0.1) is 0 Å². The number of benzene rings is 1. The Balaban J connectivity index is 1.58. The van der Waals surface area contributed by atoms with E-state index in [-0.39, 0.29) is 0 Å². The van der Waals surface area contributed by atoms with Crippen molar-refractivity contribution in [1.29, 1.82) is 0 Å². The number of guanidine groups is 1. The minimum atomic E-state index is 0.659. The van der Waals surface area contributed by atoms with E-state index in [1.807, 2.05) is 24.4 Å². The number of hydrogen-bond donors (Lipinski definition) is 2. The summed E-state index contributed by atoms with van der Waals surface area (Å²) in [4.78, 5) is 8.66. The molecule has 0 amide bonds. The quantitative estimate of drug-likeness (QED) is 0.531. The van der Waals surface area contributed by atoms with Gasteiger partial charge in [-0.25, -0.2) is 9.67 Å². The van der Waals surface area contributed by atoms with E-state index in [1.165, 1.54) is 11.1 Å². The Morgan fingerprint density at radius 2 is 1.85 bits per heavy atom. The van der Waals surface area contributed by atoms with Gasteiger partial charge in [-0.3, -0.25) is 4.99 Å². The molecule has 0 unspecified atom stereocenters. The van der Waals surface area contributed by atoms with E-state index >= 15 is 0 Å². The Labute approximate surface area is 154 Å². The van der Waals surface area contributed by atoms with Crippen molar-refractivity contribution in [2.45, 2.75) is 26.4 Å². The van der Waals surface area contributed by atoms with Gasteiger partial charge in [0.2, 0.25) is 0 Å². The van der Waals surface area contributed by atoms with Gasteiger partial charge >= 0.3 is 0 Å². The number of rotatable bonds is 6. The highest BCUT2D eigenvalue weighted by Gasteiger charge is 2.04. The fourth-order valence-corrected chi connectivity index (χ4v) is 2.76. The normalized spacial score (nSPS) is 11.4. The van der Waals surface area contributed by atoms with Gasteiger partial charge in [-0.1, -0.05) is 31.2 Å². The van der Waals surface area contributed by atoms with E-state index in [2.05, 4.69) is 56.9 Å². The number of aromatic nitrogens is 3. The predicted octanol–water partition coefficient (Wildman–Crippen LogP) is 2.69. The highest BCUT2D eigenvalue weighted by atomic mass is 15.3. The van der Waals surface area contributed by atoms with Crippen molar-refractivity contribution in [1.82, 2.24) is 25.4 Å². The molecule has 6 heteroatoms. The number of aryl methyl sites for hydroxylation is 1. The molecule has 3 rings (SSSR count). The summed E-state index contributed by atoms with van der Waals surface area (Å²) in [5, 5.41) is 10.9. The minimum Gasteiger partial charge on any atom is -0.352 e. The van der Waals surface area contributed by atoms with Crippen LogP contribution in [0.4, 0.5) is 0 Å². The maximum atomic E-state index is 4.35. The largest absolute Gasteiger partial charge is 0.352 e. The van der Waals surface area contributed by atoms with Crippen LogP contribution < -0.4 is 10.6 Å². The average Bonchev–Trinajstić information content (AvgIpc) is 3.23. The first kappa shape index (κ1) is 17.7. The molecule has 0 atom stereocenters. The summed E-state index contributed by atoms with van der Waals surface area (Å²) >= 11 is 0. The van der Waals surface area contributed by atoms with Crippen LogP contribution in [0.25, 0.3) is 5.82 Å². The van der Waals surface area contributed by atoms with Gasteiger partial charge in [0, 0.05) is 38.7 Å². The standard InChI is InChI=1S/C20H24N6/c1-3-17-7-4-5-8-18(17)15-24-20(21-2)23-14-16-9-11-22-19(13-16)26-12-6-10-25-26/h4-13H,3,14-15H2,1-2H3,(H2,21,23,24). The lowest BCUT2D eigenvalue weighted by Crippen LogP contribution is -2.36. The van der Waals surface area contributed by atoms with E-state index in [0.29, 0.717) is 6.54 Å². The maximum Gasteiger partial charge on any atom is 0.191 e. The molecule has 3 aromatic rings. The smallest absolute Gasteiger partial charge is 0.191 e. The van der Waals surface area contributed by atoms with Crippen molar-refractivity contribution in [3.05, 3.63) is 77.7 Å². The van der Waals surface area contributed by atoms with Gasteiger partial charge in [-0.15, -0.1) is 0 Å². The van der Waals surface area contributed by atoms with Gasteiger partial charge in [0.15, 0.2) is 11.8 Å². The van der Waals surface area contributed by atoms with Gasteiger partial charge < -0.3 is 10.6 Å². The zero-order valence-electron chi connectivity index (χ0n) is 15.2. The molecule has 0 radical (unpaired) electrons. The van der Waals surface area contributed by atoms with Crippen LogP contribution in [0.15, 0.2) is 66.0 Å². The van der Waals surface area contributed by atoms with Gasteiger partial charge in [0.05, 0.1) is 0 Å². The zero-order valence-corrected chi connectivity index (χ0v) is 15.2. The molecule has 134 valence electrons. The molecule has 2 aromatic heterocycles. The molecule has 2 N–H and O–H groups in total. The number of hydrogen-bond acceptors (Lipinski definition) is 3. The molecule has 6 nitrogen and oxygen atoms in total. The number of aliphatic imine (C=N–C) groups is 1. The Morgan fingerprint density at radius 3 is 2.58 bits per heavy atom. The third-order valence-electron chi connectivity index (χ3n) is 4.18. The second-order valence-electron chi connectivity index (χ2n) is 5.87. The van der Waals surface area contributed by atoms with Gasteiger partial charge in [-0.2, -0.15) is 5.10 Å². The summed E-state index contributed by atoms with van der Waals surface area (Å²) in [6, 6.07) is 14.3. The van der Waals surface area contributed by atoms with E-state index < -0.39 is 0 Å². The zero-order chi connectivity index (χ0) is 18.2. The summed E-state index contributed by atoms with van der Waals surface area (Å²) in [7, 11) is 1.78. The van der Waals surface area contributed by atoms with E-state index in [9.17, 15) is 0 Å². The Morgan fingerprint density at radius 1 is 1.04 bits per heavy atom. The monoisotopic (exact) mass is 348 g/mol. The van der Waals surface area contributed by atoms with Crippen LogP contribution in [0.3, 0.4) is 0 Å². The summed E-state index contributed by atoms with van der Waals surface area (Å²) in [6.07, 6.45) is 6.44. The molecule has 0 saturated heterocycles. The molecule has 0 aliphatic heterocycles. The topological polar surface area (TPSA) is 67.1 Å². The van der Waals surface area contributed by atoms with Crippen molar-refractivity contribution < 1.29 is 0 Å². The molecule has 0 spiro atoms. The van der Waals surface area contributed by atoms with Gasteiger partial charge in [0.25, 0.3) is 0 Å². The average molecular weight is 348 g/mol. The molecular formula is C20H24N6. The Bertz CT molecular complexity index is 854. The molecule has 0 saturated carbocycles. The summed E-state index contributed by atoms with van der Waals surface area (Å²) in [5.41, 5.74) is 3.76. The van der Waals surface area contributed by atoms with Crippen LogP contribution in [-0.2, 0) is 19.5 Å². The molecule has 26 heavy (non-hydrogen) atoms. The minimum absolute atomic E-state index is 0.659. The first-order valence-electron chi connectivity index (χ1n) is 8.76. The van der Waals surface area contributed by atoms with Crippen LogP contribution in [-0.4, -0.2) is 27.8 Å². The van der Waals surface area contributed by atoms with Gasteiger partial charge in [0.1, 0.15) is 0 Å². The molecule has 0 bridgehead atoms. The number of nitrogens with one attached hydrogen (secondary N) is 2. The van der Waals surface area contributed by atoms with Crippen LogP contribution >= 0.6 is 0 Å². The lowest BCUT2D eigenvalue weighted by atomic mass is 10.1. The third-order valence-corrected chi connectivity index (χ3v) is 4.18. The lowest BCUT2D eigenvalue weighted by molar-refractivity contribution is 0.795. The molecule has 0 aliphatic rings. The second kappa shape index (κ2) is 8.80. The maximum absolute atomic E-state index is 4.35. The summed E-state index contributed by atoms with van der Waals surface area (Å²) in [5.74, 6) is 1.57. The van der Waals surface area contributed by atoms with E-state index in [1.54, 1.807) is 24.1 Å². The summed E-state index contributed by atoms with van der Waals surface area (Å²) in [6.45, 7) is 3.58. The highest BCUT2D eigenvalue weighted by molar-refractivity contribution is 5.79. The van der Waals surface area contributed by atoms with Crippen molar-refractivity contribution in [2.24, 2.45) is 4.99 Å². The first-order chi connectivity index (χ1) is 12.8. The third kappa shape index (κ3) is 4.47. The second-order valence-corrected chi connectivity index (χ2v) is 5.87. The van der Waals surface area contributed by atoms with Gasteiger partial charge in [-0.05, 0) is 41.3 Å². The SMILES string of the molecule is CCc1ccccc1CNC(=NC)NCc1ccnc(-n2cccn2)c1. The van der Waals surface area contributed by atoms with Crippen molar-refractivity contribution in [2.75, 3.05) is 7.05 Å². The van der Waals surface area contributed by atoms with E-state index in [0.717, 1.165) is 30.3 Å². The molecule has 1 aromatic carbocycles. The first-order valence-corrected chi connectivity index (χ1v) is 8.76. The van der Waals surface area contributed by atoms with Crippen LogP contribution in [0.1, 0.15) is 23.6 Å². The lowest BCUT2D eigenvalue weighted by Gasteiger charge is -2.14. The predicted molar refractivity (Wildman–Crippen MR) is 104 cm³/mol. The molecule has 2 heterocycles. The Kier molecular flexibility index (Phi) is 5.98. The van der Waals surface area contributed by atoms with Crippen LogP contribution in [0.2, 0.25) is 0 Å². The number of nitrogens with zero attached hydrogens (tertiary/aromatic N) is 4. The fourth-order valence-electron chi connectivity index (χ4n) is 2.76. The van der Waals surface area contributed by atoms with Crippen molar-refractivity contribution >= 4 is 5.96 Å². The molecular weight excluding hydrogens is 324 g/mol. The van der Waals surface area contributed by atoms with E-state index in [4.69, 9.17) is 0 Å². The number of pyridine rings is 1. The van der Waals surface area contributed by atoms with Crippen molar-refractivity contribution in [3.8, 4) is 5.82 Å². The summed E-state index contributed by atoms with van der Waals surface area (Å²) < 4.78 is 1.75. The molecule has 0 fully saturated rings. The fraction of sp³-hybridized carbons (Fsp3) is 0.250. The Hall–Kier alpha value is -3.15. The molecule has 0 aliphatic carbocycles. The van der Waals surface area contributed by atoms with Crippen molar-refractivity contribution in [3.63, 3.8) is 0 Å². The highest BCUT2D eigenvalue weighted by Crippen LogP contribution is 2.09.